The number of pyridine rings is 1. The molecule has 1 rings (SSSR count). The van der Waals surface area contributed by atoms with Crippen molar-refractivity contribution in [1.29, 1.82) is 0 Å². The summed E-state index contributed by atoms with van der Waals surface area (Å²) in [5.41, 5.74) is 1.54. The first-order valence-electron chi connectivity index (χ1n) is 3.09. The van der Waals surface area contributed by atoms with E-state index in [1.54, 1.807) is 18.3 Å². The van der Waals surface area contributed by atoms with Crippen LogP contribution in [-0.2, 0) is 0 Å². The van der Waals surface area contributed by atoms with Gasteiger partial charge in [-0.3, -0.25) is 4.98 Å². The van der Waals surface area contributed by atoms with E-state index in [1.807, 2.05) is 0 Å². The normalized spacial score (nSPS) is 9.64. The van der Waals surface area contributed by atoms with Gasteiger partial charge in [0.05, 0.1) is 5.69 Å². The van der Waals surface area contributed by atoms with Crippen molar-refractivity contribution in [2.75, 3.05) is 5.88 Å². The van der Waals surface area contributed by atoms with E-state index in [0.717, 1.165) is 11.3 Å². The van der Waals surface area contributed by atoms with Crippen molar-refractivity contribution in [3.05, 3.63) is 35.6 Å². The molecule has 0 amide bonds. The Balaban J connectivity index is 2.96. The summed E-state index contributed by atoms with van der Waals surface area (Å²) in [6.45, 7) is 3.73. The van der Waals surface area contributed by atoms with Gasteiger partial charge in [0.25, 0.3) is 0 Å². The molecule has 1 heterocycles. The van der Waals surface area contributed by atoms with E-state index in [2.05, 4.69) is 11.6 Å². The Bertz CT molecular complexity index is 271. The molecule has 11 heavy (non-hydrogen) atoms. The van der Waals surface area contributed by atoms with Crippen LogP contribution in [0.1, 0.15) is 5.69 Å². The Morgan fingerprint density at radius 2 is 2.36 bits per heavy atom. The summed E-state index contributed by atoms with van der Waals surface area (Å²) in [6.07, 6.45) is 1.63. The molecule has 0 aliphatic rings. The van der Waals surface area contributed by atoms with Crippen molar-refractivity contribution in [1.82, 2.24) is 4.98 Å². The minimum Gasteiger partial charge on any atom is -0.256 e. The molecule has 0 atom stereocenters. The van der Waals surface area contributed by atoms with Gasteiger partial charge in [0.2, 0.25) is 0 Å². The van der Waals surface area contributed by atoms with E-state index in [0.29, 0.717) is 10.9 Å². The molecule has 0 radical (unpaired) electrons. The first-order chi connectivity index (χ1) is 5.24. The maximum atomic E-state index is 5.72. The molecule has 0 saturated carbocycles. The highest BCUT2D eigenvalue weighted by Crippen LogP contribution is 2.15. The third-order valence-corrected chi connectivity index (χ3v) is 1.80. The lowest BCUT2D eigenvalue weighted by molar-refractivity contribution is 1.27. The van der Waals surface area contributed by atoms with E-state index < -0.39 is 0 Å². The van der Waals surface area contributed by atoms with Crippen LogP contribution in [0.2, 0.25) is 5.02 Å². The van der Waals surface area contributed by atoms with Gasteiger partial charge >= 0.3 is 0 Å². The van der Waals surface area contributed by atoms with Gasteiger partial charge in [-0.2, -0.15) is 0 Å². The average molecular weight is 188 g/mol. The second-order valence-corrected chi connectivity index (χ2v) is 2.80. The summed E-state index contributed by atoms with van der Waals surface area (Å²) >= 11 is 11.3. The van der Waals surface area contributed by atoms with Crippen LogP contribution in [0.25, 0.3) is 5.57 Å². The highest BCUT2D eigenvalue weighted by atomic mass is 35.5. The predicted molar refractivity (Wildman–Crippen MR) is 49.0 cm³/mol. The number of allylic oxidation sites excluding steroid dienone is 1. The smallest absolute Gasteiger partial charge is 0.0682 e. The van der Waals surface area contributed by atoms with Crippen molar-refractivity contribution in [3.63, 3.8) is 0 Å². The van der Waals surface area contributed by atoms with Gasteiger partial charge in [-0.1, -0.05) is 18.2 Å². The van der Waals surface area contributed by atoms with E-state index in [-0.39, 0.29) is 0 Å². The summed E-state index contributed by atoms with van der Waals surface area (Å²) in [5, 5.41) is 0.654. The molecular weight excluding hydrogens is 181 g/mol. The standard InChI is InChI=1S/C8H7Cl2N/c1-6(5-9)8-4-7(10)2-3-11-8/h2-4H,1,5H2. The minimum atomic E-state index is 0.382. The first-order valence-corrected chi connectivity index (χ1v) is 4.01. The number of alkyl halides is 1. The molecule has 0 N–H and O–H groups in total. The minimum absolute atomic E-state index is 0.382. The maximum absolute atomic E-state index is 5.72. The molecule has 0 unspecified atom stereocenters. The van der Waals surface area contributed by atoms with Crippen LogP contribution in [0.4, 0.5) is 0 Å². The fourth-order valence-corrected chi connectivity index (χ4v) is 0.963. The van der Waals surface area contributed by atoms with E-state index in [1.165, 1.54) is 0 Å². The SMILES string of the molecule is C=C(CCl)c1cc(Cl)ccn1. The van der Waals surface area contributed by atoms with Crippen LogP contribution in [0.15, 0.2) is 24.9 Å². The van der Waals surface area contributed by atoms with Crippen LogP contribution < -0.4 is 0 Å². The molecule has 1 aromatic rings. The van der Waals surface area contributed by atoms with Gasteiger partial charge in [0, 0.05) is 17.1 Å². The number of aromatic nitrogens is 1. The van der Waals surface area contributed by atoms with Crippen LogP contribution in [0.5, 0.6) is 0 Å². The molecule has 0 aliphatic carbocycles. The van der Waals surface area contributed by atoms with Crippen LogP contribution >= 0.6 is 23.2 Å². The number of hydrogen-bond acceptors (Lipinski definition) is 1. The van der Waals surface area contributed by atoms with E-state index in [9.17, 15) is 0 Å². The highest BCUT2D eigenvalue weighted by molar-refractivity contribution is 6.30. The largest absolute Gasteiger partial charge is 0.256 e. The molecule has 0 spiro atoms. The van der Waals surface area contributed by atoms with Gasteiger partial charge in [0.15, 0.2) is 0 Å². The summed E-state index contributed by atoms with van der Waals surface area (Å²) < 4.78 is 0. The fourth-order valence-electron chi connectivity index (χ4n) is 0.667. The predicted octanol–water partition coefficient (Wildman–Crippen LogP) is 2.99. The molecule has 3 heteroatoms. The van der Waals surface area contributed by atoms with Gasteiger partial charge < -0.3 is 0 Å². The molecule has 58 valence electrons. The molecule has 1 aromatic heterocycles. The Morgan fingerprint density at radius 3 is 2.91 bits per heavy atom. The Morgan fingerprint density at radius 1 is 1.64 bits per heavy atom. The molecular formula is C8H7Cl2N. The second-order valence-electron chi connectivity index (χ2n) is 2.10. The van der Waals surface area contributed by atoms with Gasteiger partial charge in [-0.25, -0.2) is 0 Å². The van der Waals surface area contributed by atoms with Crippen molar-refractivity contribution in [2.45, 2.75) is 0 Å². The Kier molecular flexibility index (Phi) is 2.92. The molecule has 1 nitrogen and oxygen atoms in total. The van der Waals surface area contributed by atoms with Gasteiger partial charge in [-0.05, 0) is 17.7 Å². The Hall–Kier alpha value is -0.530. The van der Waals surface area contributed by atoms with E-state index in [4.69, 9.17) is 23.2 Å². The van der Waals surface area contributed by atoms with Crippen LogP contribution in [-0.4, -0.2) is 10.9 Å². The number of nitrogens with zero attached hydrogens (tertiary/aromatic N) is 1. The summed E-state index contributed by atoms with van der Waals surface area (Å²) in [6, 6.07) is 3.46. The van der Waals surface area contributed by atoms with Crippen molar-refractivity contribution in [2.24, 2.45) is 0 Å². The topological polar surface area (TPSA) is 12.9 Å². The lowest BCUT2D eigenvalue weighted by atomic mass is 10.2. The van der Waals surface area contributed by atoms with Crippen molar-refractivity contribution in [3.8, 4) is 0 Å². The highest BCUT2D eigenvalue weighted by Gasteiger charge is 1.98. The fraction of sp³-hybridized carbons (Fsp3) is 0.125. The van der Waals surface area contributed by atoms with Crippen molar-refractivity contribution >= 4 is 28.8 Å². The average Bonchev–Trinajstić information content (AvgIpc) is 2.03. The Labute approximate surface area is 75.7 Å². The third kappa shape index (κ3) is 2.21. The summed E-state index contributed by atoms with van der Waals surface area (Å²) in [7, 11) is 0. The zero-order valence-corrected chi connectivity index (χ0v) is 7.36. The van der Waals surface area contributed by atoms with Crippen LogP contribution in [0.3, 0.4) is 0 Å². The number of halogens is 2. The zero-order chi connectivity index (χ0) is 8.27. The first kappa shape index (κ1) is 8.57. The maximum Gasteiger partial charge on any atom is 0.0682 e. The summed E-state index contributed by atoms with van der Waals surface area (Å²) in [4.78, 5) is 4.04. The number of hydrogen-bond donors (Lipinski definition) is 0. The van der Waals surface area contributed by atoms with Gasteiger partial charge in [0.1, 0.15) is 0 Å². The third-order valence-electron chi connectivity index (χ3n) is 1.25. The zero-order valence-electron chi connectivity index (χ0n) is 5.85. The second kappa shape index (κ2) is 3.74. The lowest BCUT2D eigenvalue weighted by Gasteiger charge is -1.99. The van der Waals surface area contributed by atoms with Crippen LogP contribution in [0, 0.1) is 0 Å². The monoisotopic (exact) mass is 187 g/mol. The lowest BCUT2D eigenvalue weighted by Crippen LogP contribution is -1.87. The molecule has 0 aliphatic heterocycles. The van der Waals surface area contributed by atoms with E-state index >= 15 is 0 Å². The number of rotatable bonds is 2. The van der Waals surface area contributed by atoms with Gasteiger partial charge in [-0.15, -0.1) is 11.6 Å². The molecule has 0 saturated heterocycles. The molecule has 0 fully saturated rings. The molecule has 0 aromatic carbocycles. The quantitative estimate of drug-likeness (QED) is 0.650. The van der Waals surface area contributed by atoms with Crippen molar-refractivity contribution < 1.29 is 0 Å². The molecule has 0 bridgehead atoms. The summed E-state index contributed by atoms with van der Waals surface area (Å²) in [5.74, 6) is 0.382.